The Balaban J connectivity index is 2.12. The molecule has 0 atom stereocenters. The predicted octanol–water partition coefficient (Wildman–Crippen LogP) is 3.18. The Labute approximate surface area is 114 Å². The SMILES string of the molecule is NC(=S)c1cccc(OCc2cc(F)ccc2F)c1. The number of thiocarbonyl (C=S) groups is 1. The molecular formula is C14H11F2NOS. The molecule has 0 aliphatic carbocycles. The van der Waals surface area contributed by atoms with E-state index in [1.165, 1.54) is 0 Å². The lowest BCUT2D eigenvalue weighted by atomic mass is 10.2. The molecule has 0 radical (unpaired) electrons. The summed E-state index contributed by atoms with van der Waals surface area (Å²) < 4.78 is 31.8. The Morgan fingerprint density at radius 3 is 2.68 bits per heavy atom. The standard InChI is InChI=1S/C14H11F2NOS/c15-11-4-5-13(16)10(6-11)8-18-12-3-1-2-9(7-12)14(17)19/h1-7H,8H2,(H2,17,19). The van der Waals surface area contributed by atoms with Crippen molar-refractivity contribution in [1.82, 2.24) is 0 Å². The van der Waals surface area contributed by atoms with Crippen molar-refractivity contribution in [3.8, 4) is 5.75 Å². The molecule has 2 rings (SSSR count). The van der Waals surface area contributed by atoms with Crippen LogP contribution in [0.4, 0.5) is 8.78 Å². The number of benzene rings is 2. The third-order valence-electron chi connectivity index (χ3n) is 2.52. The van der Waals surface area contributed by atoms with Crippen LogP contribution < -0.4 is 10.5 Å². The van der Waals surface area contributed by atoms with Gasteiger partial charge in [0, 0.05) is 11.1 Å². The van der Waals surface area contributed by atoms with Crippen LogP contribution in [-0.2, 0) is 6.61 Å². The van der Waals surface area contributed by atoms with Crippen molar-refractivity contribution in [1.29, 1.82) is 0 Å². The van der Waals surface area contributed by atoms with E-state index in [4.69, 9.17) is 22.7 Å². The molecule has 0 bridgehead atoms. The Bertz CT molecular complexity index is 616. The number of hydrogen-bond acceptors (Lipinski definition) is 2. The van der Waals surface area contributed by atoms with Crippen LogP contribution >= 0.6 is 12.2 Å². The van der Waals surface area contributed by atoms with Crippen LogP contribution in [0, 0.1) is 11.6 Å². The number of rotatable bonds is 4. The van der Waals surface area contributed by atoms with E-state index in [2.05, 4.69) is 0 Å². The zero-order chi connectivity index (χ0) is 13.8. The molecule has 2 aromatic rings. The monoisotopic (exact) mass is 279 g/mol. The molecule has 0 saturated carbocycles. The summed E-state index contributed by atoms with van der Waals surface area (Å²) in [6.45, 7) is -0.0651. The van der Waals surface area contributed by atoms with Crippen molar-refractivity contribution < 1.29 is 13.5 Å². The van der Waals surface area contributed by atoms with E-state index in [1.807, 2.05) is 0 Å². The average molecular weight is 279 g/mol. The topological polar surface area (TPSA) is 35.2 Å². The van der Waals surface area contributed by atoms with Gasteiger partial charge in [-0.1, -0.05) is 24.4 Å². The molecule has 2 nitrogen and oxygen atoms in total. The van der Waals surface area contributed by atoms with Gasteiger partial charge in [-0.05, 0) is 30.3 Å². The molecule has 5 heteroatoms. The Hall–Kier alpha value is -2.01. The van der Waals surface area contributed by atoms with Crippen LogP contribution in [0.25, 0.3) is 0 Å². The molecule has 2 N–H and O–H groups in total. The third kappa shape index (κ3) is 3.48. The van der Waals surface area contributed by atoms with E-state index in [1.54, 1.807) is 24.3 Å². The molecule has 2 aromatic carbocycles. The number of nitrogens with two attached hydrogens (primary N) is 1. The Morgan fingerprint density at radius 2 is 1.95 bits per heavy atom. The van der Waals surface area contributed by atoms with E-state index < -0.39 is 11.6 Å². The molecule has 0 aliphatic rings. The summed E-state index contributed by atoms with van der Waals surface area (Å²) >= 11 is 4.85. The van der Waals surface area contributed by atoms with Crippen LogP contribution in [-0.4, -0.2) is 4.99 Å². The molecule has 0 amide bonds. The molecule has 0 saturated heterocycles. The molecule has 98 valence electrons. The lowest BCUT2D eigenvalue weighted by molar-refractivity contribution is 0.299. The summed E-state index contributed by atoms with van der Waals surface area (Å²) in [6, 6.07) is 10.1. The first-order chi connectivity index (χ1) is 9.06. The first kappa shape index (κ1) is 13.4. The summed E-state index contributed by atoms with van der Waals surface area (Å²) in [7, 11) is 0. The minimum absolute atomic E-state index is 0.0651. The van der Waals surface area contributed by atoms with E-state index in [0.717, 1.165) is 18.2 Å². The van der Waals surface area contributed by atoms with E-state index in [-0.39, 0.29) is 17.2 Å². The summed E-state index contributed by atoms with van der Waals surface area (Å²) in [6.07, 6.45) is 0. The van der Waals surface area contributed by atoms with E-state index in [9.17, 15) is 8.78 Å². The van der Waals surface area contributed by atoms with Crippen molar-refractivity contribution >= 4 is 17.2 Å². The molecular weight excluding hydrogens is 268 g/mol. The number of hydrogen-bond donors (Lipinski definition) is 1. The van der Waals surface area contributed by atoms with Crippen molar-refractivity contribution in [3.63, 3.8) is 0 Å². The fourth-order valence-electron chi connectivity index (χ4n) is 1.55. The van der Waals surface area contributed by atoms with Gasteiger partial charge in [-0.15, -0.1) is 0 Å². The minimum Gasteiger partial charge on any atom is -0.489 e. The van der Waals surface area contributed by atoms with Gasteiger partial charge in [0.15, 0.2) is 0 Å². The van der Waals surface area contributed by atoms with Crippen molar-refractivity contribution in [2.24, 2.45) is 5.73 Å². The van der Waals surface area contributed by atoms with E-state index in [0.29, 0.717) is 11.3 Å². The van der Waals surface area contributed by atoms with Gasteiger partial charge in [0.05, 0.1) is 0 Å². The Morgan fingerprint density at radius 1 is 1.16 bits per heavy atom. The van der Waals surface area contributed by atoms with Crippen LogP contribution in [0.1, 0.15) is 11.1 Å². The lowest BCUT2D eigenvalue weighted by Crippen LogP contribution is -2.09. The third-order valence-corrected chi connectivity index (χ3v) is 2.76. The van der Waals surface area contributed by atoms with E-state index >= 15 is 0 Å². The second-order valence-electron chi connectivity index (χ2n) is 3.92. The van der Waals surface area contributed by atoms with Gasteiger partial charge in [-0.3, -0.25) is 0 Å². The average Bonchev–Trinajstić information content (AvgIpc) is 2.40. The highest BCUT2D eigenvalue weighted by Gasteiger charge is 2.05. The molecule has 0 unspecified atom stereocenters. The quantitative estimate of drug-likeness (QED) is 0.873. The Kier molecular flexibility index (Phi) is 4.06. The number of halogens is 2. The normalized spacial score (nSPS) is 10.2. The summed E-state index contributed by atoms with van der Waals surface area (Å²) in [5.41, 5.74) is 6.31. The smallest absolute Gasteiger partial charge is 0.130 e. The zero-order valence-electron chi connectivity index (χ0n) is 9.90. The number of ether oxygens (including phenoxy) is 1. The highest BCUT2D eigenvalue weighted by atomic mass is 32.1. The van der Waals surface area contributed by atoms with Gasteiger partial charge in [0.1, 0.15) is 29.0 Å². The summed E-state index contributed by atoms with van der Waals surface area (Å²) in [5, 5.41) is 0. The van der Waals surface area contributed by atoms with Crippen molar-refractivity contribution in [2.75, 3.05) is 0 Å². The highest BCUT2D eigenvalue weighted by molar-refractivity contribution is 7.80. The predicted molar refractivity (Wildman–Crippen MR) is 73.0 cm³/mol. The zero-order valence-corrected chi connectivity index (χ0v) is 10.7. The van der Waals surface area contributed by atoms with Crippen LogP contribution in [0.15, 0.2) is 42.5 Å². The van der Waals surface area contributed by atoms with Crippen molar-refractivity contribution in [3.05, 3.63) is 65.2 Å². The maximum Gasteiger partial charge on any atom is 0.130 e. The summed E-state index contributed by atoms with van der Waals surface area (Å²) in [4.78, 5) is 0.252. The first-order valence-electron chi connectivity index (χ1n) is 5.53. The fourth-order valence-corrected chi connectivity index (χ4v) is 1.68. The lowest BCUT2D eigenvalue weighted by Gasteiger charge is -2.08. The molecule has 0 aromatic heterocycles. The van der Waals surface area contributed by atoms with Crippen LogP contribution in [0.5, 0.6) is 5.75 Å². The van der Waals surface area contributed by atoms with Gasteiger partial charge in [0.2, 0.25) is 0 Å². The second-order valence-corrected chi connectivity index (χ2v) is 4.36. The minimum atomic E-state index is -0.507. The van der Waals surface area contributed by atoms with Gasteiger partial charge >= 0.3 is 0 Å². The fraction of sp³-hybridized carbons (Fsp3) is 0.0714. The molecule has 0 spiro atoms. The maximum atomic E-state index is 13.4. The molecule has 19 heavy (non-hydrogen) atoms. The summed E-state index contributed by atoms with van der Waals surface area (Å²) in [5.74, 6) is -0.516. The van der Waals surface area contributed by atoms with Gasteiger partial charge in [-0.25, -0.2) is 8.78 Å². The maximum absolute atomic E-state index is 13.4. The highest BCUT2D eigenvalue weighted by Crippen LogP contribution is 2.17. The van der Waals surface area contributed by atoms with Gasteiger partial charge in [-0.2, -0.15) is 0 Å². The van der Waals surface area contributed by atoms with Crippen LogP contribution in [0.2, 0.25) is 0 Å². The molecule has 0 heterocycles. The molecule has 0 fully saturated rings. The van der Waals surface area contributed by atoms with Crippen LogP contribution in [0.3, 0.4) is 0 Å². The van der Waals surface area contributed by atoms with Crippen molar-refractivity contribution in [2.45, 2.75) is 6.61 Å². The van der Waals surface area contributed by atoms with Gasteiger partial charge in [0.25, 0.3) is 0 Å². The largest absolute Gasteiger partial charge is 0.489 e. The van der Waals surface area contributed by atoms with Gasteiger partial charge < -0.3 is 10.5 Å². The second kappa shape index (κ2) is 5.75. The first-order valence-corrected chi connectivity index (χ1v) is 5.93. The molecule has 0 aliphatic heterocycles.